The highest BCUT2D eigenvalue weighted by molar-refractivity contribution is 8.00. The van der Waals surface area contributed by atoms with Crippen LogP contribution < -0.4 is 10.6 Å². The number of thioether (sulfide) groups is 1. The van der Waals surface area contributed by atoms with Crippen molar-refractivity contribution in [2.45, 2.75) is 18.6 Å². The summed E-state index contributed by atoms with van der Waals surface area (Å²) in [5.41, 5.74) is 7.50. The molecule has 3 N–H and O–H groups in total. The third-order valence-corrected chi connectivity index (χ3v) is 4.58. The average molecular weight is 266 g/mol. The van der Waals surface area contributed by atoms with Crippen molar-refractivity contribution in [2.24, 2.45) is 0 Å². The van der Waals surface area contributed by atoms with Gasteiger partial charge in [0.25, 0.3) is 0 Å². The van der Waals surface area contributed by atoms with Gasteiger partial charge in [-0.25, -0.2) is 4.79 Å². The molecule has 0 aliphatic carbocycles. The highest BCUT2D eigenvalue weighted by atomic mass is 32.2. The van der Waals surface area contributed by atoms with E-state index in [0.29, 0.717) is 22.2 Å². The van der Waals surface area contributed by atoms with E-state index in [0.717, 1.165) is 25.3 Å². The van der Waals surface area contributed by atoms with Gasteiger partial charge in [0.1, 0.15) is 0 Å². The molecule has 0 spiro atoms. The van der Waals surface area contributed by atoms with Gasteiger partial charge in [-0.2, -0.15) is 11.8 Å². The van der Waals surface area contributed by atoms with E-state index >= 15 is 0 Å². The smallest absolute Gasteiger partial charge is 0.337 e. The molecule has 1 aromatic rings. The number of nitrogens with two attached hydrogens (primary N) is 1. The Morgan fingerprint density at radius 2 is 2.39 bits per heavy atom. The molecule has 1 unspecified atom stereocenters. The first kappa shape index (κ1) is 13.1. The number of carboxylic acid groups (broad SMARTS) is 1. The number of para-hydroxylation sites is 1. The number of rotatable bonds is 3. The third-order valence-electron chi connectivity index (χ3n) is 3.21. The largest absolute Gasteiger partial charge is 0.478 e. The lowest BCUT2D eigenvalue weighted by molar-refractivity contribution is 0.0697. The van der Waals surface area contributed by atoms with E-state index in [1.165, 1.54) is 0 Å². The molecule has 1 heterocycles. The molecule has 0 saturated carbocycles. The predicted octanol–water partition coefficient (Wildman–Crippen LogP) is 2.30. The number of benzene rings is 1. The first-order valence-electron chi connectivity index (χ1n) is 6.11. The van der Waals surface area contributed by atoms with Crippen molar-refractivity contribution in [3.63, 3.8) is 0 Å². The summed E-state index contributed by atoms with van der Waals surface area (Å²) < 4.78 is 0. The van der Waals surface area contributed by atoms with Gasteiger partial charge in [0.05, 0.1) is 16.9 Å². The minimum atomic E-state index is -0.913. The zero-order chi connectivity index (χ0) is 13.1. The van der Waals surface area contributed by atoms with Crippen LogP contribution in [0.3, 0.4) is 0 Å². The number of anilines is 2. The molecule has 2 rings (SSSR count). The normalized spacial score (nSPS) is 19.8. The summed E-state index contributed by atoms with van der Waals surface area (Å²) in [6.45, 7) is 3.89. The lowest BCUT2D eigenvalue weighted by Crippen LogP contribution is -2.38. The quantitative estimate of drug-likeness (QED) is 0.822. The number of aromatic carboxylic acids is 1. The number of hydrogen-bond acceptors (Lipinski definition) is 4. The van der Waals surface area contributed by atoms with Crippen LogP contribution in [0.25, 0.3) is 0 Å². The minimum Gasteiger partial charge on any atom is -0.478 e. The second kappa shape index (κ2) is 5.52. The van der Waals surface area contributed by atoms with Crippen molar-refractivity contribution in [2.75, 3.05) is 29.5 Å². The summed E-state index contributed by atoms with van der Waals surface area (Å²) in [6, 6.07) is 5.08. The molecule has 1 fully saturated rings. The summed E-state index contributed by atoms with van der Waals surface area (Å²) in [4.78, 5) is 13.4. The molecule has 0 radical (unpaired) electrons. The Balaban J connectivity index is 2.34. The van der Waals surface area contributed by atoms with Crippen molar-refractivity contribution < 1.29 is 9.90 Å². The fourth-order valence-corrected chi connectivity index (χ4v) is 3.44. The maximum atomic E-state index is 11.3. The van der Waals surface area contributed by atoms with Gasteiger partial charge in [-0.3, -0.25) is 0 Å². The lowest BCUT2D eigenvalue weighted by Gasteiger charge is -2.35. The van der Waals surface area contributed by atoms with Crippen LogP contribution >= 0.6 is 11.8 Å². The molecule has 1 aliphatic rings. The van der Waals surface area contributed by atoms with Crippen molar-refractivity contribution in [3.05, 3.63) is 23.8 Å². The highest BCUT2D eigenvalue weighted by Crippen LogP contribution is 2.32. The summed E-state index contributed by atoms with van der Waals surface area (Å²) in [7, 11) is 0. The Labute approximate surface area is 111 Å². The van der Waals surface area contributed by atoms with Crippen molar-refractivity contribution in [1.29, 1.82) is 0 Å². The van der Waals surface area contributed by atoms with Crippen LogP contribution in [0, 0.1) is 0 Å². The third kappa shape index (κ3) is 2.56. The van der Waals surface area contributed by atoms with Gasteiger partial charge in [-0.1, -0.05) is 13.0 Å². The van der Waals surface area contributed by atoms with Gasteiger partial charge in [-0.15, -0.1) is 0 Å². The minimum absolute atomic E-state index is 0.303. The van der Waals surface area contributed by atoms with Gasteiger partial charge in [0.2, 0.25) is 0 Å². The summed E-state index contributed by atoms with van der Waals surface area (Å²) >= 11 is 1.95. The number of carboxylic acids is 1. The van der Waals surface area contributed by atoms with Crippen LogP contribution in [-0.2, 0) is 0 Å². The van der Waals surface area contributed by atoms with E-state index < -0.39 is 5.97 Å². The Kier molecular flexibility index (Phi) is 4.01. The first-order chi connectivity index (χ1) is 8.63. The molecule has 4 nitrogen and oxygen atoms in total. The molecule has 98 valence electrons. The molecule has 1 saturated heterocycles. The summed E-state index contributed by atoms with van der Waals surface area (Å²) in [5, 5.41) is 9.81. The van der Waals surface area contributed by atoms with E-state index in [1.54, 1.807) is 18.2 Å². The molecule has 1 aromatic carbocycles. The Bertz CT molecular complexity index is 451. The van der Waals surface area contributed by atoms with Gasteiger partial charge >= 0.3 is 5.97 Å². The highest BCUT2D eigenvalue weighted by Gasteiger charge is 2.24. The number of hydrogen-bond donors (Lipinski definition) is 2. The van der Waals surface area contributed by atoms with E-state index in [1.807, 2.05) is 11.8 Å². The maximum absolute atomic E-state index is 11.3. The Morgan fingerprint density at radius 3 is 3.06 bits per heavy atom. The predicted molar refractivity (Wildman–Crippen MR) is 76.6 cm³/mol. The monoisotopic (exact) mass is 266 g/mol. The second-order valence-corrected chi connectivity index (χ2v) is 5.80. The Morgan fingerprint density at radius 1 is 1.61 bits per heavy atom. The Hall–Kier alpha value is -1.36. The SMILES string of the molecule is CCC1CN(c2c(N)cccc2C(=O)O)CCS1. The van der Waals surface area contributed by atoms with Gasteiger partial charge < -0.3 is 15.7 Å². The van der Waals surface area contributed by atoms with Gasteiger partial charge in [-0.05, 0) is 18.6 Å². The van der Waals surface area contributed by atoms with E-state index in [4.69, 9.17) is 5.73 Å². The van der Waals surface area contributed by atoms with Crippen LogP contribution in [0.5, 0.6) is 0 Å². The number of carbonyl (C=O) groups is 1. The molecule has 1 atom stereocenters. The molecule has 5 heteroatoms. The van der Waals surface area contributed by atoms with Crippen LogP contribution in [-0.4, -0.2) is 35.2 Å². The zero-order valence-corrected chi connectivity index (χ0v) is 11.2. The summed E-state index contributed by atoms with van der Waals surface area (Å²) in [6.07, 6.45) is 1.09. The molecule has 18 heavy (non-hydrogen) atoms. The van der Waals surface area contributed by atoms with E-state index in [-0.39, 0.29) is 0 Å². The standard InChI is InChI=1S/C13H18N2O2S/c1-2-9-8-15(6-7-18-9)12-10(13(16)17)4-3-5-11(12)14/h3-5,9H,2,6-8,14H2,1H3,(H,16,17). The topological polar surface area (TPSA) is 66.6 Å². The number of nitrogens with zero attached hydrogens (tertiary/aromatic N) is 1. The molecule has 0 bridgehead atoms. The van der Waals surface area contributed by atoms with Gasteiger partial charge in [0.15, 0.2) is 0 Å². The van der Waals surface area contributed by atoms with Crippen LogP contribution in [0.2, 0.25) is 0 Å². The van der Waals surface area contributed by atoms with Gasteiger partial charge in [0, 0.05) is 24.1 Å². The van der Waals surface area contributed by atoms with Crippen molar-refractivity contribution in [1.82, 2.24) is 0 Å². The fraction of sp³-hybridized carbons (Fsp3) is 0.462. The average Bonchev–Trinajstić information content (AvgIpc) is 2.38. The second-order valence-electron chi connectivity index (χ2n) is 4.40. The van der Waals surface area contributed by atoms with E-state index in [9.17, 15) is 9.90 Å². The molecule has 0 aromatic heterocycles. The van der Waals surface area contributed by atoms with E-state index in [2.05, 4.69) is 11.8 Å². The van der Waals surface area contributed by atoms with Crippen LogP contribution in [0.4, 0.5) is 11.4 Å². The molecular formula is C13H18N2O2S. The molecular weight excluding hydrogens is 248 g/mol. The lowest BCUT2D eigenvalue weighted by atomic mass is 10.1. The molecule has 0 amide bonds. The zero-order valence-electron chi connectivity index (χ0n) is 10.4. The van der Waals surface area contributed by atoms with Crippen molar-refractivity contribution >= 4 is 29.1 Å². The van der Waals surface area contributed by atoms with Crippen molar-refractivity contribution in [3.8, 4) is 0 Å². The summed E-state index contributed by atoms with van der Waals surface area (Å²) in [5.74, 6) is 0.106. The first-order valence-corrected chi connectivity index (χ1v) is 7.16. The fourth-order valence-electron chi connectivity index (χ4n) is 2.26. The van der Waals surface area contributed by atoms with Crippen LogP contribution in [0.1, 0.15) is 23.7 Å². The molecule has 1 aliphatic heterocycles. The van der Waals surface area contributed by atoms with Crippen LogP contribution in [0.15, 0.2) is 18.2 Å². The maximum Gasteiger partial charge on any atom is 0.337 e. The number of nitrogen functional groups attached to an aromatic ring is 1.